The summed E-state index contributed by atoms with van der Waals surface area (Å²) in [7, 11) is -3.36. The first-order valence-corrected chi connectivity index (χ1v) is 7.97. The average molecular weight is 306 g/mol. The number of amides is 1. The number of carbonyl (C=O) groups excluding carboxylic acids is 1. The van der Waals surface area contributed by atoms with Gasteiger partial charge in [0, 0.05) is 29.8 Å². The minimum absolute atomic E-state index is 0.120. The highest BCUT2D eigenvalue weighted by molar-refractivity contribution is 7.90. The van der Waals surface area contributed by atoms with Gasteiger partial charge >= 0.3 is 0 Å². The van der Waals surface area contributed by atoms with Gasteiger partial charge in [0.2, 0.25) is 5.56 Å². The summed E-state index contributed by atoms with van der Waals surface area (Å²) in [4.78, 5) is 25.8. The summed E-state index contributed by atoms with van der Waals surface area (Å²) < 4.78 is 23.1. The summed E-state index contributed by atoms with van der Waals surface area (Å²) in [5, 5.41) is 2.61. The fraction of sp³-hybridized carbons (Fsp3) is 0.143. The molecule has 0 saturated carbocycles. The minimum atomic E-state index is -3.36. The molecule has 7 heteroatoms. The highest BCUT2D eigenvalue weighted by Gasteiger charge is 2.12. The fourth-order valence-corrected chi connectivity index (χ4v) is 2.39. The number of aromatic amines is 1. The molecule has 0 unspecified atom stereocenters. The molecule has 0 radical (unpaired) electrons. The summed E-state index contributed by atoms with van der Waals surface area (Å²) in [5.41, 5.74) is 0.927. The summed E-state index contributed by atoms with van der Waals surface area (Å²) >= 11 is 0. The van der Waals surface area contributed by atoms with Crippen molar-refractivity contribution in [1.29, 1.82) is 0 Å². The zero-order chi connectivity index (χ0) is 15.6. The van der Waals surface area contributed by atoms with Crippen molar-refractivity contribution >= 4 is 21.4 Å². The van der Waals surface area contributed by atoms with Crippen LogP contribution in [0.1, 0.15) is 15.9 Å². The molecule has 0 saturated heterocycles. The second-order valence-electron chi connectivity index (χ2n) is 4.64. The molecule has 0 spiro atoms. The van der Waals surface area contributed by atoms with Crippen LogP contribution in [-0.2, 0) is 9.84 Å². The van der Waals surface area contributed by atoms with Crippen molar-refractivity contribution in [2.24, 2.45) is 0 Å². The molecule has 110 valence electrons. The highest BCUT2D eigenvalue weighted by Crippen LogP contribution is 2.20. The third-order valence-electron chi connectivity index (χ3n) is 2.92. The Morgan fingerprint density at radius 1 is 1.19 bits per heavy atom. The second kappa shape index (κ2) is 5.53. The largest absolute Gasteiger partial charge is 0.329 e. The second-order valence-corrected chi connectivity index (χ2v) is 6.66. The Kier molecular flexibility index (Phi) is 3.95. The van der Waals surface area contributed by atoms with Crippen molar-refractivity contribution in [3.05, 3.63) is 58.0 Å². The molecule has 2 rings (SSSR count). The maximum absolute atomic E-state index is 12.1. The molecule has 1 amide bonds. The van der Waals surface area contributed by atoms with Crippen LogP contribution >= 0.6 is 0 Å². The van der Waals surface area contributed by atoms with Crippen LogP contribution in [0.25, 0.3) is 0 Å². The summed E-state index contributed by atoms with van der Waals surface area (Å²) in [6, 6.07) is 7.13. The molecule has 6 nitrogen and oxygen atoms in total. The van der Waals surface area contributed by atoms with Crippen molar-refractivity contribution in [2.45, 2.75) is 11.8 Å². The number of hydrogen-bond acceptors (Lipinski definition) is 4. The molecular formula is C14H14N2O4S. The van der Waals surface area contributed by atoms with Gasteiger partial charge in [-0.05, 0) is 30.7 Å². The number of pyridine rings is 1. The van der Waals surface area contributed by atoms with Gasteiger partial charge in [-0.15, -0.1) is 0 Å². The van der Waals surface area contributed by atoms with Crippen LogP contribution in [0, 0.1) is 6.92 Å². The van der Waals surface area contributed by atoms with E-state index < -0.39 is 15.7 Å². The predicted molar refractivity (Wildman–Crippen MR) is 79.3 cm³/mol. The van der Waals surface area contributed by atoms with Crippen molar-refractivity contribution in [3.8, 4) is 0 Å². The van der Waals surface area contributed by atoms with Crippen LogP contribution < -0.4 is 10.9 Å². The molecule has 2 N–H and O–H groups in total. The number of hydrogen-bond donors (Lipinski definition) is 2. The van der Waals surface area contributed by atoms with Crippen molar-refractivity contribution in [2.75, 3.05) is 11.6 Å². The molecule has 0 atom stereocenters. The molecular weight excluding hydrogens is 292 g/mol. The standard InChI is InChI=1S/C14H14N2O4S/c1-9-3-4-11(21(2,19)20)8-12(9)16-14(18)10-5-6-15-13(17)7-10/h3-8H,1-2H3,(H,15,17)(H,16,18). The number of aryl methyl sites for hydroxylation is 1. The van der Waals surface area contributed by atoms with Crippen molar-refractivity contribution in [3.63, 3.8) is 0 Å². The van der Waals surface area contributed by atoms with Crippen LogP contribution in [-0.4, -0.2) is 25.6 Å². The number of sulfone groups is 1. The molecule has 1 aromatic heterocycles. The number of rotatable bonds is 3. The smallest absolute Gasteiger partial charge is 0.255 e. The first kappa shape index (κ1) is 15.0. The zero-order valence-electron chi connectivity index (χ0n) is 11.5. The van der Waals surface area contributed by atoms with Gasteiger partial charge in [0.05, 0.1) is 4.90 Å². The third kappa shape index (κ3) is 3.57. The number of nitrogens with one attached hydrogen (secondary N) is 2. The highest BCUT2D eigenvalue weighted by atomic mass is 32.2. The Bertz CT molecular complexity index is 853. The monoisotopic (exact) mass is 306 g/mol. The van der Waals surface area contributed by atoms with Gasteiger partial charge < -0.3 is 10.3 Å². The van der Waals surface area contributed by atoms with Gasteiger partial charge in [-0.1, -0.05) is 6.07 Å². The van der Waals surface area contributed by atoms with E-state index in [4.69, 9.17) is 0 Å². The number of carbonyl (C=O) groups is 1. The van der Waals surface area contributed by atoms with E-state index in [1.54, 1.807) is 13.0 Å². The Balaban J connectivity index is 2.35. The molecule has 21 heavy (non-hydrogen) atoms. The average Bonchev–Trinajstić information content (AvgIpc) is 2.40. The van der Waals surface area contributed by atoms with E-state index in [-0.39, 0.29) is 16.0 Å². The Morgan fingerprint density at radius 2 is 1.90 bits per heavy atom. The van der Waals surface area contributed by atoms with Gasteiger partial charge in [-0.3, -0.25) is 9.59 Å². The van der Waals surface area contributed by atoms with E-state index in [0.29, 0.717) is 5.69 Å². The van der Waals surface area contributed by atoms with E-state index in [1.807, 2.05) is 0 Å². The SMILES string of the molecule is Cc1ccc(S(C)(=O)=O)cc1NC(=O)c1cc[nH]c(=O)c1. The molecule has 0 aliphatic heterocycles. The Labute approximate surface area is 121 Å². The molecule has 1 aromatic carbocycles. The number of benzene rings is 1. The minimum Gasteiger partial charge on any atom is -0.329 e. The van der Waals surface area contributed by atoms with Gasteiger partial charge in [0.15, 0.2) is 9.84 Å². The Hall–Kier alpha value is -2.41. The van der Waals surface area contributed by atoms with Gasteiger partial charge in [0.1, 0.15) is 0 Å². The van der Waals surface area contributed by atoms with Crippen LogP contribution in [0.4, 0.5) is 5.69 Å². The quantitative estimate of drug-likeness (QED) is 0.894. The van der Waals surface area contributed by atoms with E-state index in [2.05, 4.69) is 10.3 Å². The van der Waals surface area contributed by atoms with E-state index >= 15 is 0 Å². The first-order valence-electron chi connectivity index (χ1n) is 6.08. The van der Waals surface area contributed by atoms with Gasteiger partial charge in [-0.2, -0.15) is 0 Å². The predicted octanol–water partition coefficient (Wildman–Crippen LogP) is 1.34. The van der Waals surface area contributed by atoms with Crippen LogP contribution in [0.2, 0.25) is 0 Å². The molecule has 1 heterocycles. The lowest BCUT2D eigenvalue weighted by atomic mass is 10.2. The summed E-state index contributed by atoms with van der Waals surface area (Å²) in [5.74, 6) is -0.477. The first-order chi connectivity index (χ1) is 9.77. The number of anilines is 1. The lowest BCUT2D eigenvalue weighted by molar-refractivity contribution is 0.102. The Morgan fingerprint density at radius 3 is 2.52 bits per heavy atom. The third-order valence-corrected chi connectivity index (χ3v) is 4.03. The molecule has 2 aromatic rings. The molecule has 0 bridgehead atoms. The normalized spacial score (nSPS) is 11.1. The zero-order valence-corrected chi connectivity index (χ0v) is 12.3. The van der Waals surface area contributed by atoms with Crippen LogP contribution in [0.5, 0.6) is 0 Å². The molecule has 0 aliphatic rings. The van der Waals surface area contributed by atoms with E-state index in [1.165, 1.54) is 30.5 Å². The molecule has 0 aliphatic carbocycles. The van der Waals surface area contributed by atoms with Crippen LogP contribution in [0.3, 0.4) is 0 Å². The summed E-state index contributed by atoms with van der Waals surface area (Å²) in [6.45, 7) is 1.75. The number of aromatic nitrogens is 1. The van der Waals surface area contributed by atoms with Gasteiger partial charge in [-0.25, -0.2) is 8.42 Å². The van der Waals surface area contributed by atoms with Crippen molar-refractivity contribution < 1.29 is 13.2 Å². The number of H-pyrrole nitrogens is 1. The van der Waals surface area contributed by atoms with E-state index in [9.17, 15) is 18.0 Å². The summed E-state index contributed by atoms with van der Waals surface area (Å²) in [6.07, 6.45) is 2.47. The lowest BCUT2D eigenvalue weighted by Gasteiger charge is -2.10. The maximum atomic E-state index is 12.1. The fourth-order valence-electron chi connectivity index (χ4n) is 1.75. The maximum Gasteiger partial charge on any atom is 0.255 e. The lowest BCUT2D eigenvalue weighted by Crippen LogP contribution is -2.16. The molecule has 0 fully saturated rings. The topological polar surface area (TPSA) is 96.1 Å². The van der Waals surface area contributed by atoms with Gasteiger partial charge in [0.25, 0.3) is 5.91 Å². The van der Waals surface area contributed by atoms with E-state index in [0.717, 1.165) is 11.8 Å². The van der Waals surface area contributed by atoms with Crippen molar-refractivity contribution in [1.82, 2.24) is 4.98 Å². The van der Waals surface area contributed by atoms with Crippen LogP contribution in [0.15, 0.2) is 46.2 Å².